The lowest BCUT2D eigenvalue weighted by Crippen LogP contribution is -2.48. The number of rotatable bonds is 8. The molecule has 30 heavy (non-hydrogen) atoms. The molecule has 0 fully saturated rings. The van der Waals surface area contributed by atoms with Gasteiger partial charge in [-0.2, -0.15) is 0 Å². The topological polar surface area (TPSA) is 60.0 Å². The van der Waals surface area contributed by atoms with E-state index in [2.05, 4.69) is 60.5 Å². The molecule has 0 spiro atoms. The van der Waals surface area contributed by atoms with E-state index in [1.165, 1.54) is 23.8 Å². The molecule has 0 saturated carbocycles. The lowest BCUT2D eigenvalue weighted by molar-refractivity contribution is -0.125. The van der Waals surface area contributed by atoms with Crippen LogP contribution < -0.4 is 14.8 Å². The van der Waals surface area contributed by atoms with Gasteiger partial charge in [-0.1, -0.05) is 24.3 Å². The maximum atomic E-state index is 12.3. The normalized spacial score (nSPS) is 17.2. The zero-order chi connectivity index (χ0) is 21.7. The summed E-state index contributed by atoms with van der Waals surface area (Å²) in [6.07, 6.45) is 0.913. The molecule has 1 aliphatic heterocycles. The Hall–Kier alpha value is -2.57. The number of carbonyl (C=O) groups excluding carboxylic acids is 1. The Balaban J connectivity index is 1.99. The molecule has 6 heteroatoms. The van der Waals surface area contributed by atoms with E-state index < -0.39 is 0 Å². The Morgan fingerprint density at radius 3 is 2.53 bits per heavy atom. The number of nitrogens with one attached hydrogen (secondary N) is 1. The van der Waals surface area contributed by atoms with Crippen LogP contribution in [0.15, 0.2) is 36.4 Å². The molecule has 0 aromatic heterocycles. The Kier molecular flexibility index (Phi) is 7.34. The fourth-order valence-corrected chi connectivity index (χ4v) is 4.30. The molecule has 0 bridgehead atoms. The maximum absolute atomic E-state index is 12.3. The predicted octanol–water partition coefficient (Wildman–Crippen LogP) is 3.26. The third kappa shape index (κ3) is 4.77. The Morgan fingerprint density at radius 2 is 1.87 bits per heavy atom. The highest BCUT2D eigenvalue weighted by atomic mass is 16.5. The number of ether oxygens (including phenoxy) is 3. The van der Waals surface area contributed by atoms with Crippen molar-refractivity contribution in [2.24, 2.45) is 0 Å². The number of nitrogens with zero attached hydrogens (tertiary/aromatic N) is 1. The minimum absolute atomic E-state index is 0.00830. The van der Waals surface area contributed by atoms with E-state index in [1.807, 2.05) is 0 Å². The minimum atomic E-state index is -0.117. The van der Waals surface area contributed by atoms with Gasteiger partial charge in [-0.25, -0.2) is 0 Å². The Morgan fingerprint density at radius 1 is 1.17 bits per heavy atom. The minimum Gasteiger partial charge on any atom is -0.493 e. The zero-order valence-corrected chi connectivity index (χ0v) is 18.5. The molecule has 2 atom stereocenters. The summed E-state index contributed by atoms with van der Waals surface area (Å²) >= 11 is 0. The highest BCUT2D eigenvalue weighted by molar-refractivity contribution is 5.77. The fourth-order valence-electron chi connectivity index (χ4n) is 4.30. The van der Waals surface area contributed by atoms with Gasteiger partial charge in [0.25, 0.3) is 0 Å². The van der Waals surface area contributed by atoms with Crippen LogP contribution in [0.25, 0.3) is 0 Å². The van der Waals surface area contributed by atoms with Crippen molar-refractivity contribution >= 4 is 5.91 Å². The molecule has 2 aromatic rings. The second kappa shape index (κ2) is 9.96. The largest absolute Gasteiger partial charge is 0.493 e. The van der Waals surface area contributed by atoms with Crippen molar-refractivity contribution in [2.75, 3.05) is 34.5 Å². The molecule has 1 amide bonds. The first kappa shape index (κ1) is 22.1. The van der Waals surface area contributed by atoms with Crippen LogP contribution in [0.4, 0.5) is 0 Å². The number of carbonyl (C=O) groups is 1. The average Bonchev–Trinajstić information content (AvgIpc) is 2.74. The molecule has 162 valence electrons. The lowest BCUT2D eigenvalue weighted by Gasteiger charge is -2.41. The predicted molar refractivity (Wildman–Crippen MR) is 117 cm³/mol. The molecular weight excluding hydrogens is 380 g/mol. The summed E-state index contributed by atoms with van der Waals surface area (Å²) < 4.78 is 16.1. The first-order valence-corrected chi connectivity index (χ1v) is 10.3. The summed E-state index contributed by atoms with van der Waals surface area (Å²) in [6, 6.07) is 12.5. The number of hydrogen-bond acceptors (Lipinski definition) is 5. The quantitative estimate of drug-likeness (QED) is 0.721. The van der Waals surface area contributed by atoms with E-state index in [0.717, 1.165) is 30.8 Å². The molecule has 3 rings (SSSR count). The van der Waals surface area contributed by atoms with Gasteiger partial charge in [-0.15, -0.1) is 0 Å². The van der Waals surface area contributed by atoms with Crippen LogP contribution in [-0.2, 0) is 22.5 Å². The monoisotopic (exact) mass is 412 g/mol. The average molecular weight is 413 g/mol. The highest BCUT2D eigenvalue weighted by Crippen LogP contribution is 2.40. The molecule has 0 saturated heterocycles. The second-order valence-electron chi connectivity index (χ2n) is 7.79. The van der Waals surface area contributed by atoms with Crippen LogP contribution >= 0.6 is 0 Å². The van der Waals surface area contributed by atoms with Crippen molar-refractivity contribution in [3.63, 3.8) is 0 Å². The van der Waals surface area contributed by atoms with Crippen molar-refractivity contribution < 1.29 is 19.0 Å². The van der Waals surface area contributed by atoms with Crippen LogP contribution in [0.2, 0.25) is 0 Å². The SMILES string of the molecule is COCC(=O)N[C@H](C)[C@@H]1c2cc(OC)c(OC)cc2CCN1Cc1ccccc1C. The molecule has 1 heterocycles. The van der Waals surface area contributed by atoms with Crippen molar-refractivity contribution in [3.8, 4) is 11.5 Å². The van der Waals surface area contributed by atoms with Crippen molar-refractivity contribution in [1.29, 1.82) is 0 Å². The second-order valence-corrected chi connectivity index (χ2v) is 7.79. The molecule has 6 nitrogen and oxygen atoms in total. The molecule has 2 aromatic carbocycles. The zero-order valence-electron chi connectivity index (χ0n) is 18.5. The summed E-state index contributed by atoms with van der Waals surface area (Å²) in [5.74, 6) is 1.32. The van der Waals surface area contributed by atoms with Gasteiger partial charge in [0.2, 0.25) is 5.91 Å². The Labute approximate surface area is 179 Å². The lowest BCUT2D eigenvalue weighted by atomic mass is 9.87. The van der Waals surface area contributed by atoms with E-state index in [9.17, 15) is 4.79 Å². The van der Waals surface area contributed by atoms with Gasteiger partial charge >= 0.3 is 0 Å². The third-order valence-corrected chi connectivity index (χ3v) is 5.80. The van der Waals surface area contributed by atoms with E-state index in [1.54, 1.807) is 14.2 Å². The van der Waals surface area contributed by atoms with Crippen LogP contribution in [-0.4, -0.2) is 51.3 Å². The van der Waals surface area contributed by atoms with Gasteiger partial charge in [-0.3, -0.25) is 9.69 Å². The third-order valence-electron chi connectivity index (χ3n) is 5.80. The number of benzene rings is 2. The fraction of sp³-hybridized carbons (Fsp3) is 0.458. The van der Waals surface area contributed by atoms with E-state index in [0.29, 0.717) is 5.75 Å². The van der Waals surface area contributed by atoms with Gasteiger partial charge in [-0.05, 0) is 54.7 Å². The van der Waals surface area contributed by atoms with E-state index in [4.69, 9.17) is 14.2 Å². The van der Waals surface area contributed by atoms with E-state index in [-0.39, 0.29) is 24.6 Å². The van der Waals surface area contributed by atoms with Gasteiger partial charge in [0, 0.05) is 26.2 Å². The maximum Gasteiger partial charge on any atom is 0.246 e. The molecular formula is C24H32N2O4. The van der Waals surface area contributed by atoms with Crippen molar-refractivity contribution in [1.82, 2.24) is 10.2 Å². The number of aryl methyl sites for hydroxylation is 1. The molecule has 0 unspecified atom stereocenters. The summed E-state index contributed by atoms with van der Waals surface area (Å²) in [6.45, 7) is 5.95. The summed E-state index contributed by atoms with van der Waals surface area (Å²) in [5, 5.41) is 3.11. The van der Waals surface area contributed by atoms with E-state index >= 15 is 0 Å². The first-order valence-electron chi connectivity index (χ1n) is 10.3. The molecule has 0 aliphatic carbocycles. The Bertz CT molecular complexity index is 884. The van der Waals surface area contributed by atoms with Crippen LogP contribution in [0.3, 0.4) is 0 Å². The van der Waals surface area contributed by atoms with Gasteiger partial charge in [0.1, 0.15) is 6.61 Å². The van der Waals surface area contributed by atoms with Crippen LogP contribution in [0.1, 0.15) is 35.2 Å². The number of fused-ring (bicyclic) bond motifs is 1. The summed E-state index contributed by atoms with van der Waals surface area (Å²) in [5.41, 5.74) is 4.96. The number of hydrogen-bond donors (Lipinski definition) is 1. The molecule has 0 radical (unpaired) electrons. The smallest absolute Gasteiger partial charge is 0.246 e. The van der Waals surface area contributed by atoms with Gasteiger partial charge in [0.05, 0.1) is 20.3 Å². The highest BCUT2D eigenvalue weighted by Gasteiger charge is 2.33. The first-order chi connectivity index (χ1) is 14.5. The summed E-state index contributed by atoms with van der Waals surface area (Å²) in [4.78, 5) is 14.7. The molecule has 1 aliphatic rings. The summed E-state index contributed by atoms with van der Waals surface area (Å²) in [7, 11) is 4.83. The van der Waals surface area contributed by atoms with Gasteiger partial charge < -0.3 is 19.5 Å². The van der Waals surface area contributed by atoms with Crippen LogP contribution in [0, 0.1) is 6.92 Å². The van der Waals surface area contributed by atoms with Crippen molar-refractivity contribution in [2.45, 2.75) is 38.9 Å². The standard InChI is InChI=1S/C24H32N2O4/c1-16-8-6-7-9-19(16)14-26-11-10-18-12-21(29-4)22(30-5)13-20(18)24(26)17(2)25-23(27)15-28-3/h6-9,12-13,17,24H,10-11,14-15H2,1-5H3,(H,25,27)/t17-,24-/m1/s1. The molecule has 1 N–H and O–H groups in total. The van der Waals surface area contributed by atoms with Crippen molar-refractivity contribution in [3.05, 3.63) is 58.7 Å². The number of amides is 1. The number of methoxy groups -OCH3 is 3. The van der Waals surface area contributed by atoms with Crippen LogP contribution in [0.5, 0.6) is 11.5 Å². The van der Waals surface area contributed by atoms with Gasteiger partial charge in [0.15, 0.2) is 11.5 Å².